The number of hydrogen-bond acceptors (Lipinski definition) is 3. The van der Waals surface area contributed by atoms with Crippen LogP contribution in [0.2, 0.25) is 0 Å². The molecule has 2 rings (SSSR count). The molecule has 2 aromatic rings. The van der Waals surface area contributed by atoms with Crippen LogP contribution in [0.25, 0.3) is 0 Å². The van der Waals surface area contributed by atoms with E-state index in [1.54, 1.807) is 25.1 Å². The quantitative estimate of drug-likeness (QED) is 0.909. The zero-order valence-electron chi connectivity index (χ0n) is 9.77. The van der Waals surface area contributed by atoms with Gasteiger partial charge in [-0.05, 0) is 19.4 Å². The van der Waals surface area contributed by atoms with Crippen LogP contribution in [0.5, 0.6) is 0 Å². The van der Waals surface area contributed by atoms with Crippen molar-refractivity contribution in [3.8, 4) is 0 Å². The first-order valence-electron chi connectivity index (χ1n) is 5.42. The predicted molar refractivity (Wildman–Crippen MR) is 66.7 cm³/mol. The molecule has 1 aromatic carbocycles. The first-order valence-corrected chi connectivity index (χ1v) is 6.30. The lowest BCUT2D eigenvalue weighted by Gasteiger charge is -2.11. The minimum Gasteiger partial charge on any atom is -0.388 e. The van der Waals surface area contributed by atoms with Crippen molar-refractivity contribution in [2.45, 2.75) is 26.4 Å². The average molecular weight is 251 g/mol. The summed E-state index contributed by atoms with van der Waals surface area (Å²) in [5.41, 5.74) is 1.83. The van der Waals surface area contributed by atoms with Gasteiger partial charge in [-0.2, -0.15) is 0 Å². The van der Waals surface area contributed by atoms with Gasteiger partial charge in [0, 0.05) is 23.1 Å². The Morgan fingerprint density at radius 1 is 1.41 bits per heavy atom. The van der Waals surface area contributed by atoms with Crippen LogP contribution in [0.3, 0.4) is 0 Å². The largest absolute Gasteiger partial charge is 0.388 e. The molecule has 0 aliphatic carbocycles. The minimum absolute atomic E-state index is 0.326. The van der Waals surface area contributed by atoms with Crippen LogP contribution >= 0.6 is 11.3 Å². The van der Waals surface area contributed by atoms with Crippen molar-refractivity contribution >= 4 is 11.3 Å². The van der Waals surface area contributed by atoms with Crippen LogP contribution in [0.15, 0.2) is 23.6 Å². The summed E-state index contributed by atoms with van der Waals surface area (Å²) in [6, 6.07) is 5.07. The monoisotopic (exact) mass is 251 g/mol. The SMILES string of the molecule is Cc1csc(CC(O)c2cccc(C)c2F)n1. The highest BCUT2D eigenvalue weighted by molar-refractivity contribution is 7.09. The van der Waals surface area contributed by atoms with E-state index in [0.717, 1.165) is 10.7 Å². The highest BCUT2D eigenvalue weighted by Gasteiger charge is 2.16. The van der Waals surface area contributed by atoms with Crippen molar-refractivity contribution < 1.29 is 9.50 Å². The summed E-state index contributed by atoms with van der Waals surface area (Å²) in [5.74, 6) is -0.326. The molecule has 0 radical (unpaired) electrons. The predicted octanol–water partition coefficient (Wildman–Crippen LogP) is 3.18. The minimum atomic E-state index is -0.833. The number of thiazole rings is 1. The number of aromatic nitrogens is 1. The van der Waals surface area contributed by atoms with E-state index in [1.807, 2.05) is 12.3 Å². The second kappa shape index (κ2) is 4.94. The van der Waals surface area contributed by atoms with Gasteiger partial charge in [0.15, 0.2) is 0 Å². The Morgan fingerprint density at radius 2 is 2.18 bits per heavy atom. The molecule has 1 atom stereocenters. The number of aliphatic hydroxyl groups excluding tert-OH is 1. The fourth-order valence-electron chi connectivity index (χ4n) is 1.70. The van der Waals surface area contributed by atoms with Crippen LogP contribution in [0.4, 0.5) is 4.39 Å². The Balaban J connectivity index is 2.20. The molecule has 1 unspecified atom stereocenters. The van der Waals surface area contributed by atoms with Gasteiger partial charge in [-0.25, -0.2) is 9.37 Å². The maximum atomic E-state index is 13.8. The molecule has 0 amide bonds. The van der Waals surface area contributed by atoms with Crippen molar-refractivity contribution in [2.75, 3.05) is 0 Å². The Kier molecular flexibility index (Phi) is 3.54. The number of aryl methyl sites for hydroxylation is 2. The Labute approximate surface area is 104 Å². The highest BCUT2D eigenvalue weighted by Crippen LogP contribution is 2.24. The molecule has 90 valence electrons. The number of aliphatic hydroxyl groups is 1. The van der Waals surface area contributed by atoms with Crippen molar-refractivity contribution in [3.63, 3.8) is 0 Å². The lowest BCUT2D eigenvalue weighted by Crippen LogP contribution is -2.05. The van der Waals surface area contributed by atoms with Gasteiger partial charge in [-0.1, -0.05) is 18.2 Å². The van der Waals surface area contributed by atoms with Crippen molar-refractivity contribution in [2.24, 2.45) is 0 Å². The molecule has 4 heteroatoms. The fourth-order valence-corrected chi connectivity index (χ4v) is 2.51. The van der Waals surface area contributed by atoms with E-state index in [2.05, 4.69) is 4.98 Å². The standard InChI is InChI=1S/C13H14FNOS/c1-8-4-3-5-10(13(8)14)11(16)6-12-15-9(2)7-17-12/h3-5,7,11,16H,6H2,1-2H3. The van der Waals surface area contributed by atoms with Crippen molar-refractivity contribution in [1.29, 1.82) is 0 Å². The molecule has 1 N–H and O–H groups in total. The number of rotatable bonds is 3. The first-order chi connectivity index (χ1) is 8.08. The van der Waals surface area contributed by atoms with Crippen LogP contribution in [-0.4, -0.2) is 10.1 Å². The first kappa shape index (κ1) is 12.2. The molecule has 17 heavy (non-hydrogen) atoms. The van der Waals surface area contributed by atoms with Crippen molar-refractivity contribution in [3.05, 3.63) is 51.2 Å². The van der Waals surface area contributed by atoms with Gasteiger partial charge in [-0.3, -0.25) is 0 Å². The van der Waals surface area contributed by atoms with Gasteiger partial charge in [0.1, 0.15) is 5.82 Å². The molecule has 0 aliphatic rings. The molecular weight excluding hydrogens is 237 g/mol. The number of nitrogens with zero attached hydrogens (tertiary/aromatic N) is 1. The average Bonchev–Trinajstić information content (AvgIpc) is 2.68. The van der Waals surface area contributed by atoms with E-state index in [9.17, 15) is 9.50 Å². The number of hydrogen-bond donors (Lipinski definition) is 1. The molecule has 0 spiro atoms. The van der Waals surface area contributed by atoms with E-state index < -0.39 is 6.10 Å². The number of benzene rings is 1. The second-order valence-corrected chi connectivity index (χ2v) is 5.02. The summed E-state index contributed by atoms with van der Waals surface area (Å²) in [6.07, 6.45) is -0.473. The van der Waals surface area contributed by atoms with Gasteiger partial charge in [0.2, 0.25) is 0 Å². The topological polar surface area (TPSA) is 33.1 Å². The fraction of sp³-hybridized carbons (Fsp3) is 0.308. The molecule has 1 aromatic heterocycles. The summed E-state index contributed by atoms with van der Waals surface area (Å²) in [4.78, 5) is 4.26. The van der Waals surface area contributed by atoms with Crippen LogP contribution in [0.1, 0.15) is 27.9 Å². The molecule has 2 nitrogen and oxygen atoms in total. The highest BCUT2D eigenvalue weighted by atomic mass is 32.1. The Bertz CT molecular complexity index is 524. The third-order valence-electron chi connectivity index (χ3n) is 2.62. The summed E-state index contributed by atoms with van der Waals surface area (Å²) in [7, 11) is 0. The summed E-state index contributed by atoms with van der Waals surface area (Å²) in [6.45, 7) is 3.60. The molecule has 1 heterocycles. The Hall–Kier alpha value is -1.26. The van der Waals surface area contributed by atoms with E-state index in [4.69, 9.17) is 0 Å². The number of halogens is 1. The van der Waals surface area contributed by atoms with Crippen LogP contribution in [-0.2, 0) is 6.42 Å². The third-order valence-corrected chi connectivity index (χ3v) is 3.60. The molecular formula is C13H14FNOS. The molecule has 0 saturated carbocycles. The second-order valence-electron chi connectivity index (χ2n) is 4.08. The molecule has 0 fully saturated rings. The van der Waals surface area contributed by atoms with Gasteiger partial charge >= 0.3 is 0 Å². The summed E-state index contributed by atoms with van der Waals surface area (Å²) >= 11 is 1.49. The summed E-state index contributed by atoms with van der Waals surface area (Å²) in [5, 5.41) is 12.8. The zero-order valence-corrected chi connectivity index (χ0v) is 10.6. The van der Waals surface area contributed by atoms with E-state index in [0.29, 0.717) is 17.5 Å². The molecule has 0 bridgehead atoms. The van der Waals surface area contributed by atoms with E-state index in [1.165, 1.54) is 11.3 Å². The van der Waals surface area contributed by atoms with E-state index >= 15 is 0 Å². The van der Waals surface area contributed by atoms with Crippen LogP contribution in [0, 0.1) is 19.7 Å². The maximum absolute atomic E-state index is 13.8. The van der Waals surface area contributed by atoms with Gasteiger partial charge in [0.25, 0.3) is 0 Å². The smallest absolute Gasteiger partial charge is 0.131 e. The maximum Gasteiger partial charge on any atom is 0.131 e. The normalized spacial score (nSPS) is 12.7. The zero-order chi connectivity index (χ0) is 12.4. The van der Waals surface area contributed by atoms with E-state index in [-0.39, 0.29) is 5.82 Å². The molecule has 0 aliphatic heterocycles. The Morgan fingerprint density at radius 3 is 2.82 bits per heavy atom. The van der Waals surface area contributed by atoms with Gasteiger partial charge in [0.05, 0.1) is 11.1 Å². The van der Waals surface area contributed by atoms with Gasteiger partial charge in [-0.15, -0.1) is 11.3 Å². The summed E-state index contributed by atoms with van der Waals surface area (Å²) < 4.78 is 13.8. The lowest BCUT2D eigenvalue weighted by molar-refractivity contribution is 0.173. The third kappa shape index (κ3) is 2.70. The van der Waals surface area contributed by atoms with Crippen molar-refractivity contribution in [1.82, 2.24) is 4.98 Å². The lowest BCUT2D eigenvalue weighted by atomic mass is 10.0. The van der Waals surface area contributed by atoms with Crippen LogP contribution < -0.4 is 0 Å². The molecule has 0 saturated heterocycles. The van der Waals surface area contributed by atoms with Gasteiger partial charge < -0.3 is 5.11 Å².